The Morgan fingerprint density at radius 2 is 1.55 bits per heavy atom. The molecule has 0 aromatic heterocycles. The fourth-order valence-corrected chi connectivity index (χ4v) is 4.59. The number of hydrogen-bond donors (Lipinski definition) is 1. The summed E-state index contributed by atoms with van der Waals surface area (Å²) in [4.78, 5) is 12.8. The van der Waals surface area contributed by atoms with Gasteiger partial charge in [0.25, 0.3) is 10.0 Å². The molecule has 1 N–H and O–H groups in total. The van der Waals surface area contributed by atoms with E-state index in [1.54, 1.807) is 30.3 Å². The molecule has 6 nitrogen and oxygen atoms in total. The number of nitrogens with one attached hydrogen (secondary N) is 1. The summed E-state index contributed by atoms with van der Waals surface area (Å²) in [7, 11) is -3.99. The first-order valence-electron chi connectivity index (χ1n) is 9.73. The Balaban J connectivity index is 1.65. The van der Waals surface area contributed by atoms with Gasteiger partial charge in [-0.15, -0.1) is 0 Å². The first-order valence-corrected chi connectivity index (χ1v) is 11.6. The molecule has 1 aliphatic rings. The van der Waals surface area contributed by atoms with Gasteiger partial charge < -0.3 is 0 Å². The molecule has 3 aromatic carbocycles. The summed E-state index contributed by atoms with van der Waals surface area (Å²) in [6.07, 6.45) is 0.601. The summed E-state index contributed by atoms with van der Waals surface area (Å²) >= 11 is 6.03. The smallest absolute Gasteiger partial charge is 0.246 e. The summed E-state index contributed by atoms with van der Waals surface area (Å²) in [6.45, 7) is 0.285. The molecule has 0 saturated carbocycles. The normalized spacial score (nSPS) is 16.5. The molecule has 158 valence electrons. The molecule has 1 aliphatic heterocycles. The van der Waals surface area contributed by atoms with E-state index in [2.05, 4.69) is 9.82 Å². The van der Waals surface area contributed by atoms with E-state index in [4.69, 9.17) is 11.6 Å². The minimum absolute atomic E-state index is 0.0180. The quantitative estimate of drug-likeness (QED) is 0.625. The lowest BCUT2D eigenvalue weighted by Gasteiger charge is -2.30. The monoisotopic (exact) mass is 453 g/mol. The fourth-order valence-electron chi connectivity index (χ4n) is 3.50. The van der Waals surface area contributed by atoms with Crippen molar-refractivity contribution < 1.29 is 13.2 Å². The van der Waals surface area contributed by atoms with Crippen molar-refractivity contribution in [3.63, 3.8) is 0 Å². The highest BCUT2D eigenvalue weighted by molar-refractivity contribution is 7.90. The Morgan fingerprint density at radius 1 is 0.935 bits per heavy atom. The van der Waals surface area contributed by atoms with Crippen LogP contribution in [0.2, 0.25) is 5.02 Å². The highest BCUT2D eigenvalue weighted by atomic mass is 35.5. The van der Waals surface area contributed by atoms with Crippen molar-refractivity contribution in [2.75, 3.05) is 6.54 Å². The van der Waals surface area contributed by atoms with E-state index in [1.165, 1.54) is 17.1 Å². The third-order valence-electron chi connectivity index (χ3n) is 5.04. The second-order valence-corrected chi connectivity index (χ2v) is 9.21. The van der Waals surface area contributed by atoms with Gasteiger partial charge in [0.15, 0.2) is 0 Å². The number of urea groups is 1. The topological polar surface area (TPSA) is 78.8 Å². The molecule has 31 heavy (non-hydrogen) atoms. The number of hydrazone groups is 1. The third kappa shape index (κ3) is 4.78. The molecule has 1 heterocycles. The van der Waals surface area contributed by atoms with E-state index in [-0.39, 0.29) is 17.4 Å². The number of halogens is 1. The molecule has 8 heteroatoms. The third-order valence-corrected chi connectivity index (χ3v) is 6.63. The number of carbonyl (C=O) groups is 1. The minimum atomic E-state index is -3.99. The Morgan fingerprint density at radius 3 is 2.19 bits per heavy atom. The van der Waals surface area contributed by atoms with Gasteiger partial charge in [0.05, 0.1) is 10.6 Å². The molecular formula is C23H20ClN3O3S. The van der Waals surface area contributed by atoms with Crippen LogP contribution in [0.3, 0.4) is 0 Å². The van der Waals surface area contributed by atoms with E-state index in [0.717, 1.165) is 11.1 Å². The first-order chi connectivity index (χ1) is 14.9. The molecule has 0 fully saturated rings. The van der Waals surface area contributed by atoms with E-state index in [9.17, 15) is 13.2 Å². The standard InChI is InChI=1S/C23H20ClN3O3S/c24-19-13-11-18(12-14-19)22-21(17-7-3-1-4-8-17)15-16-27(25-22)23(28)26-31(29,30)20-9-5-2-6-10-20/h1-14,21H,15-16H2,(H,26,28). The van der Waals surface area contributed by atoms with Crippen LogP contribution < -0.4 is 4.72 Å². The molecule has 1 atom stereocenters. The number of hydrogen-bond acceptors (Lipinski definition) is 4. The minimum Gasteiger partial charge on any atom is -0.246 e. The van der Waals surface area contributed by atoms with Crippen LogP contribution in [0.15, 0.2) is 94.9 Å². The van der Waals surface area contributed by atoms with Gasteiger partial charge in [0.2, 0.25) is 0 Å². The van der Waals surface area contributed by atoms with Crippen LogP contribution in [0.1, 0.15) is 23.5 Å². The van der Waals surface area contributed by atoms with Crippen LogP contribution in [-0.4, -0.2) is 31.7 Å². The van der Waals surface area contributed by atoms with Crippen LogP contribution in [-0.2, 0) is 10.0 Å². The number of sulfonamides is 1. The van der Waals surface area contributed by atoms with Crippen LogP contribution in [0.4, 0.5) is 4.79 Å². The Bertz CT molecular complexity index is 1200. The maximum Gasteiger partial charge on any atom is 0.351 e. The van der Waals surface area contributed by atoms with Gasteiger partial charge in [-0.1, -0.05) is 72.3 Å². The summed E-state index contributed by atoms with van der Waals surface area (Å²) in [6, 6.07) is 24.1. The summed E-state index contributed by atoms with van der Waals surface area (Å²) in [5.41, 5.74) is 2.58. The lowest BCUT2D eigenvalue weighted by Crippen LogP contribution is -2.43. The molecule has 1 unspecified atom stereocenters. The van der Waals surface area contributed by atoms with Gasteiger partial charge in [-0.2, -0.15) is 5.10 Å². The van der Waals surface area contributed by atoms with E-state index >= 15 is 0 Å². The molecule has 4 rings (SSSR count). The number of benzene rings is 3. The summed E-state index contributed by atoms with van der Waals surface area (Å²) in [5, 5.41) is 6.32. The van der Waals surface area contributed by atoms with Gasteiger partial charge in [0.1, 0.15) is 0 Å². The molecule has 0 bridgehead atoms. The highest BCUT2D eigenvalue weighted by Crippen LogP contribution is 2.30. The van der Waals surface area contributed by atoms with Crippen molar-refractivity contribution in [1.82, 2.24) is 9.73 Å². The van der Waals surface area contributed by atoms with Crippen LogP contribution in [0, 0.1) is 0 Å². The van der Waals surface area contributed by atoms with Crippen LogP contribution >= 0.6 is 11.6 Å². The Labute approximate surface area is 186 Å². The molecule has 0 aliphatic carbocycles. The summed E-state index contributed by atoms with van der Waals surface area (Å²) < 4.78 is 27.2. The number of nitrogens with zero attached hydrogens (tertiary/aromatic N) is 2. The van der Waals surface area contributed by atoms with Crippen molar-refractivity contribution in [1.29, 1.82) is 0 Å². The molecule has 2 amide bonds. The van der Waals surface area contributed by atoms with Gasteiger partial charge in [-0.25, -0.2) is 22.9 Å². The molecular weight excluding hydrogens is 434 g/mol. The van der Waals surface area contributed by atoms with Gasteiger partial charge in [0, 0.05) is 17.5 Å². The van der Waals surface area contributed by atoms with Crippen molar-refractivity contribution in [3.8, 4) is 0 Å². The van der Waals surface area contributed by atoms with Gasteiger partial charge >= 0.3 is 6.03 Å². The van der Waals surface area contributed by atoms with Crippen LogP contribution in [0.25, 0.3) is 0 Å². The average molecular weight is 454 g/mol. The molecule has 0 radical (unpaired) electrons. The zero-order valence-corrected chi connectivity index (χ0v) is 18.1. The maximum atomic E-state index is 12.8. The number of rotatable bonds is 4. The van der Waals surface area contributed by atoms with Crippen molar-refractivity contribution >= 4 is 33.4 Å². The zero-order valence-electron chi connectivity index (χ0n) is 16.5. The average Bonchev–Trinajstić information content (AvgIpc) is 2.80. The van der Waals surface area contributed by atoms with Crippen molar-refractivity contribution in [3.05, 3.63) is 101 Å². The van der Waals surface area contributed by atoms with E-state index in [0.29, 0.717) is 17.2 Å². The molecule has 0 saturated heterocycles. The summed E-state index contributed by atoms with van der Waals surface area (Å²) in [5.74, 6) is -0.0304. The highest BCUT2D eigenvalue weighted by Gasteiger charge is 2.30. The molecule has 3 aromatic rings. The van der Waals surface area contributed by atoms with E-state index < -0.39 is 16.1 Å². The predicted octanol–water partition coefficient (Wildman–Crippen LogP) is 4.63. The van der Waals surface area contributed by atoms with Crippen molar-refractivity contribution in [2.45, 2.75) is 17.2 Å². The van der Waals surface area contributed by atoms with E-state index in [1.807, 2.05) is 42.5 Å². The second kappa shape index (κ2) is 8.91. The van der Waals surface area contributed by atoms with Crippen LogP contribution in [0.5, 0.6) is 0 Å². The maximum absolute atomic E-state index is 12.8. The Hall–Kier alpha value is -3.16. The lowest BCUT2D eigenvalue weighted by molar-refractivity contribution is 0.202. The zero-order chi connectivity index (χ0) is 21.8. The SMILES string of the molecule is O=C(NS(=O)(=O)c1ccccc1)N1CCC(c2ccccc2)C(c2ccc(Cl)cc2)=N1. The largest absolute Gasteiger partial charge is 0.351 e. The van der Waals surface area contributed by atoms with Crippen molar-refractivity contribution in [2.24, 2.45) is 5.10 Å². The number of carbonyl (C=O) groups excluding carboxylic acids is 1. The first kappa shape index (κ1) is 21.1. The Kier molecular flexibility index (Phi) is 6.06. The molecule has 0 spiro atoms. The second-order valence-electron chi connectivity index (χ2n) is 7.09. The van der Waals surface area contributed by atoms with Gasteiger partial charge in [-0.05, 0) is 41.8 Å². The predicted molar refractivity (Wildman–Crippen MR) is 121 cm³/mol. The lowest BCUT2D eigenvalue weighted by atomic mass is 9.86. The number of amides is 2. The fraction of sp³-hybridized carbons (Fsp3) is 0.130. The van der Waals surface area contributed by atoms with Gasteiger partial charge in [-0.3, -0.25) is 0 Å².